The third kappa shape index (κ3) is 8.78. The minimum absolute atomic E-state index is 0.178. The smallest absolute Gasteiger partial charge is 0.333 e. The fourth-order valence-corrected chi connectivity index (χ4v) is 1.26. The number of rotatable bonds is 9. The molecule has 112 valence electrons. The number of hydrogen-bond donors (Lipinski definition) is 0. The second-order valence-corrected chi connectivity index (χ2v) is 5.99. The predicted octanol–water partition coefficient (Wildman–Crippen LogP) is 3.11. The van der Waals surface area contributed by atoms with Gasteiger partial charge in [-0.15, -0.1) is 0 Å². The van der Waals surface area contributed by atoms with Crippen LogP contribution < -0.4 is 0 Å². The standard InChI is InChI=1S/C15H28O4/c1-12(2)13(16)18-10-8-15(5,6)19-11-9-14(3,4)17-7/h1,8-11H2,2-7H3. The molecule has 0 amide bonds. The Labute approximate surface area is 117 Å². The topological polar surface area (TPSA) is 44.8 Å². The van der Waals surface area contributed by atoms with Crippen LogP contribution in [0.4, 0.5) is 0 Å². The van der Waals surface area contributed by atoms with E-state index in [1.165, 1.54) is 0 Å². The van der Waals surface area contributed by atoms with E-state index in [9.17, 15) is 4.79 Å². The van der Waals surface area contributed by atoms with Gasteiger partial charge in [0.15, 0.2) is 0 Å². The number of carbonyl (C=O) groups excluding carboxylic acids is 1. The molecule has 4 heteroatoms. The third-order valence-electron chi connectivity index (χ3n) is 3.04. The Balaban J connectivity index is 3.92. The van der Waals surface area contributed by atoms with Gasteiger partial charge in [0.2, 0.25) is 0 Å². The molecular weight excluding hydrogens is 244 g/mol. The van der Waals surface area contributed by atoms with Crippen molar-refractivity contribution in [1.82, 2.24) is 0 Å². The highest BCUT2D eigenvalue weighted by Crippen LogP contribution is 2.19. The van der Waals surface area contributed by atoms with E-state index in [1.807, 2.05) is 27.7 Å². The molecule has 0 aliphatic heterocycles. The normalized spacial score (nSPS) is 12.3. The van der Waals surface area contributed by atoms with E-state index in [1.54, 1.807) is 14.0 Å². The molecule has 0 aliphatic rings. The summed E-state index contributed by atoms with van der Waals surface area (Å²) in [5, 5.41) is 0. The summed E-state index contributed by atoms with van der Waals surface area (Å²) in [4.78, 5) is 11.2. The maximum absolute atomic E-state index is 11.2. The summed E-state index contributed by atoms with van der Waals surface area (Å²) in [5.41, 5.74) is -0.0811. The maximum atomic E-state index is 11.2. The first kappa shape index (κ1) is 18.1. The van der Waals surface area contributed by atoms with E-state index in [0.29, 0.717) is 25.2 Å². The lowest BCUT2D eigenvalue weighted by atomic mass is 10.0. The molecule has 0 atom stereocenters. The minimum Gasteiger partial charge on any atom is -0.462 e. The molecule has 0 spiro atoms. The molecular formula is C15H28O4. The Morgan fingerprint density at radius 3 is 2.05 bits per heavy atom. The largest absolute Gasteiger partial charge is 0.462 e. The highest BCUT2D eigenvalue weighted by molar-refractivity contribution is 5.86. The summed E-state index contributed by atoms with van der Waals surface area (Å²) in [5.74, 6) is -0.351. The van der Waals surface area contributed by atoms with Gasteiger partial charge >= 0.3 is 5.97 Å². The SMILES string of the molecule is C=C(C)C(=O)OCCC(C)(C)OCCC(C)(C)OC. The van der Waals surface area contributed by atoms with Crippen LogP contribution in [0.2, 0.25) is 0 Å². The van der Waals surface area contributed by atoms with Crippen LogP contribution in [-0.4, -0.2) is 37.5 Å². The monoisotopic (exact) mass is 272 g/mol. The Bertz CT molecular complexity index is 305. The van der Waals surface area contributed by atoms with Gasteiger partial charge in [0.05, 0.1) is 24.4 Å². The first-order chi connectivity index (χ1) is 8.59. The van der Waals surface area contributed by atoms with Crippen molar-refractivity contribution in [2.45, 2.75) is 58.7 Å². The molecule has 0 heterocycles. The molecule has 19 heavy (non-hydrogen) atoms. The second-order valence-electron chi connectivity index (χ2n) is 5.99. The van der Waals surface area contributed by atoms with E-state index in [-0.39, 0.29) is 17.2 Å². The van der Waals surface area contributed by atoms with Crippen LogP contribution in [0.25, 0.3) is 0 Å². The van der Waals surface area contributed by atoms with Gasteiger partial charge in [0, 0.05) is 19.1 Å². The molecule has 0 fully saturated rings. The quantitative estimate of drug-likeness (QED) is 0.478. The summed E-state index contributed by atoms with van der Waals surface area (Å²) >= 11 is 0. The van der Waals surface area contributed by atoms with Crippen molar-refractivity contribution in [3.63, 3.8) is 0 Å². The number of esters is 1. The predicted molar refractivity (Wildman–Crippen MR) is 76.1 cm³/mol. The molecule has 0 aromatic carbocycles. The van der Waals surface area contributed by atoms with Crippen LogP contribution in [0.1, 0.15) is 47.5 Å². The van der Waals surface area contributed by atoms with Gasteiger partial charge in [-0.25, -0.2) is 4.79 Å². The highest BCUT2D eigenvalue weighted by atomic mass is 16.5. The summed E-state index contributed by atoms with van der Waals surface area (Å²) in [6.07, 6.45) is 1.47. The lowest BCUT2D eigenvalue weighted by Gasteiger charge is -2.28. The Morgan fingerprint density at radius 1 is 1.05 bits per heavy atom. The molecule has 0 N–H and O–H groups in total. The number of ether oxygens (including phenoxy) is 3. The van der Waals surface area contributed by atoms with Crippen molar-refractivity contribution in [3.8, 4) is 0 Å². The van der Waals surface area contributed by atoms with Crippen LogP contribution in [0, 0.1) is 0 Å². The van der Waals surface area contributed by atoms with Gasteiger partial charge in [-0.05, 0) is 41.0 Å². The second kappa shape index (κ2) is 7.65. The lowest BCUT2D eigenvalue weighted by molar-refractivity contribution is -0.141. The van der Waals surface area contributed by atoms with Crippen molar-refractivity contribution in [2.24, 2.45) is 0 Å². The van der Waals surface area contributed by atoms with E-state index in [2.05, 4.69) is 6.58 Å². The van der Waals surface area contributed by atoms with Crippen LogP contribution in [0.3, 0.4) is 0 Å². The van der Waals surface area contributed by atoms with Crippen LogP contribution in [0.15, 0.2) is 12.2 Å². The van der Waals surface area contributed by atoms with Crippen molar-refractivity contribution in [1.29, 1.82) is 0 Å². The summed E-state index contributed by atoms with van der Waals surface area (Å²) < 4.78 is 16.2. The summed E-state index contributed by atoms with van der Waals surface area (Å²) in [6.45, 7) is 14.2. The van der Waals surface area contributed by atoms with Gasteiger partial charge in [-0.2, -0.15) is 0 Å². The number of carbonyl (C=O) groups is 1. The molecule has 0 aliphatic carbocycles. The fourth-order valence-electron chi connectivity index (χ4n) is 1.26. The summed E-state index contributed by atoms with van der Waals surface area (Å²) in [7, 11) is 1.70. The first-order valence-electron chi connectivity index (χ1n) is 6.61. The van der Waals surface area contributed by atoms with Crippen molar-refractivity contribution in [2.75, 3.05) is 20.3 Å². The number of hydrogen-bond acceptors (Lipinski definition) is 4. The molecule has 0 saturated carbocycles. The Hall–Kier alpha value is -0.870. The Morgan fingerprint density at radius 2 is 1.58 bits per heavy atom. The van der Waals surface area contributed by atoms with Gasteiger partial charge < -0.3 is 14.2 Å². The van der Waals surface area contributed by atoms with Crippen molar-refractivity contribution in [3.05, 3.63) is 12.2 Å². The van der Waals surface area contributed by atoms with Gasteiger partial charge in [0.1, 0.15) is 0 Å². The van der Waals surface area contributed by atoms with Crippen molar-refractivity contribution < 1.29 is 19.0 Å². The maximum Gasteiger partial charge on any atom is 0.333 e. The van der Waals surface area contributed by atoms with Gasteiger partial charge in [0.25, 0.3) is 0 Å². The zero-order valence-corrected chi connectivity index (χ0v) is 13.2. The van der Waals surface area contributed by atoms with E-state index >= 15 is 0 Å². The summed E-state index contributed by atoms with van der Waals surface area (Å²) in [6, 6.07) is 0. The zero-order valence-electron chi connectivity index (χ0n) is 13.2. The van der Waals surface area contributed by atoms with Gasteiger partial charge in [-0.1, -0.05) is 6.58 Å². The molecule has 0 rings (SSSR count). The highest BCUT2D eigenvalue weighted by Gasteiger charge is 2.22. The molecule has 0 bridgehead atoms. The number of methoxy groups -OCH3 is 1. The molecule has 0 aromatic heterocycles. The van der Waals surface area contributed by atoms with Crippen LogP contribution in [0.5, 0.6) is 0 Å². The molecule has 0 radical (unpaired) electrons. The van der Waals surface area contributed by atoms with Crippen LogP contribution in [-0.2, 0) is 19.0 Å². The van der Waals surface area contributed by atoms with Crippen LogP contribution >= 0.6 is 0 Å². The van der Waals surface area contributed by atoms with Gasteiger partial charge in [-0.3, -0.25) is 0 Å². The van der Waals surface area contributed by atoms with Crippen molar-refractivity contribution >= 4 is 5.97 Å². The third-order valence-corrected chi connectivity index (χ3v) is 3.04. The van der Waals surface area contributed by atoms with E-state index in [0.717, 1.165) is 6.42 Å². The molecule has 4 nitrogen and oxygen atoms in total. The average molecular weight is 272 g/mol. The Kier molecular flexibility index (Phi) is 7.30. The lowest BCUT2D eigenvalue weighted by Crippen LogP contribution is -2.31. The average Bonchev–Trinajstić information content (AvgIpc) is 2.27. The molecule has 0 aromatic rings. The zero-order chi connectivity index (χ0) is 15.1. The van der Waals surface area contributed by atoms with E-state index in [4.69, 9.17) is 14.2 Å². The minimum atomic E-state index is -0.351. The first-order valence-corrected chi connectivity index (χ1v) is 6.61. The fraction of sp³-hybridized carbons (Fsp3) is 0.800. The molecule has 0 saturated heterocycles. The molecule has 0 unspecified atom stereocenters. The van der Waals surface area contributed by atoms with E-state index < -0.39 is 0 Å².